The number of fused-ring (bicyclic) bond motifs is 1. The molecule has 1 aliphatic rings. The van der Waals surface area contributed by atoms with Crippen LogP contribution in [0.4, 0.5) is 5.82 Å². The van der Waals surface area contributed by atoms with Crippen molar-refractivity contribution in [3.63, 3.8) is 0 Å². The second kappa shape index (κ2) is 4.53. The van der Waals surface area contributed by atoms with Gasteiger partial charge in [0.2, 0.25) is 5.88 Å². The SMILES string of the molecule is CC(C)Oc1cc(N2Cc3ncsc3C2)ncn1. The molecule has 0 atom stereocenters. The maximum absolute atomic E-state index is 5.58. The molecule has 0 radical (unpaired) electrons. The monoisotopic (exact) mass is 262 g/mol. The van der Waals surface area contributed by atoms with Crippen molar-refractivity contribution >= 4 is 17.2 Å². The Kier molecular flexibility index (Phi) is 2.87. The van der Waals surface area contributed by atoms with Crippen LogP contribution < -0.4 is 9.64 Å². The standard InChI is InChI=1S/C12H14N4OS/c1-8(2)17-12-3-11(13-6-14-12)16-4-9-10(5-16)18-7-15-9/h3,6-8H,4-5H2,1-2H3. The molecule has 0 fully saturated rings. The maximum Gasteiger partial charge on any atom is 0.218 e. The molecule has 0 spiro atoms. The molecule has 2 aromatic heterocycles. The third kappa shape index (κ3) is 2.15. The van der Waals surface area contributed by atoms with E-state index in [1.54, 1.807) is 17.7 Å². The van der Waals surface area contributed by atoms with Crippen molar-refractivity contribution in [3.8, 4) is 5.88 Å². The Balaban J connectivity index is 1.79. The van der Waals surface area contributed by atoms with E-state index >= 15 is 0 Å². The molecule has 3 heterocycles. The summed E-state index contributed by atoms with van der Waals surface area (Å²) in [6.45, 7) is 5.66. The van der Waals surface area contributed by atoms with Gasteiger partial charge in [-0.2, -0.15) is 0 Å². The van der Waals surface area contributed by atoms with Crippen LogP contribution in [0.5, 0.6) is 5.88 Å². The molecule has 1 aliphatic heterocycles. The number of ether oxygens (including phenoxy) is 1. The third-order valence-corrected chi connectivity index (χ3v) is 3.57. The number of nitrogens with zero attached hydrogens (tertiary/aromatic N) is 4. The molecule has 18 heavy (non-hydrogen) atoms. The van der Waals surface area contributed by atoms with E-state index in [0.717, 1.165) is 24.6 Å². The van der Waals surface area contributed by atoms with E-state index in [4.69, 9.17) is 4.74 Å². The average molecular weight is 262 g/mol. The summed E-state index contributed by atoms with van der Waals surface area (Å²) in [6, 6.07) is 1.89. The molecule has 5 nitrogen and oxygen atoms in total. The summed E-state index contributed by atoms with van der Waals surface area (Å²) in [4.78, 5) is 16.3. The van der Waals surface area contributed by atoms with Crippen LogP contribution in [0.1, 0.15) is 24.4 Å². The number of anilines is 1. The van der Waals surface area contributed by atoms with Crippen LogP contribution in [0, 0.1) is 0 Å². The predicted octanol–water partition coefficient (Wildman–Crippen LogP) is 2.24. The first kappa shape index (κ1) is 11.4. The normalized spacial score (nSPS) is 14.1. The minimum atomic E-state index is 0.120. The van der Waals surface area contributed by atoms with E-state index in [0.29, 0.717) is 5.88 Å². The van der Waals surface area contributed by atoms with Gasteiger partial charge in [0.15, 0.2) is 0 Å². The lowest BCUT2D eigenvalue weighted by Crippen LogP contribution is -2.17. The first-order chi connectivity index (χ1) is 8.72. The van der Waals surface area contributed by atoms with E-state index in [1.165, 1.54) is 4.88 Å². The zero-order chi connectivity index (χ0) is 12.5. The Hall–Kier alpha value is -1.69. The van der Waals surface area contributed by atoms with Gasteiger partial charge in [-0.1, -0.05) is 0 Å². The number of hydrogen-bond acceptors (Lipinski definition) is 6. The summed E-state index contributed by atoms with van der Waals surface area (Å²) in [5.41, 5.74) is 3.06. The first-order valence-electron chi connectivity index (χ1n) is 5.87. The van der Waals surface area contributed by atoms with E-state index in [1.807, 2.05) is 25.4 Å². The van der Waals surface area contributed by atoms with Crippen LogP contribution in [0.3, 0.4) is 0 Å². The second-order valence-electron chi connectivity index (χ2n) is 4.46. The molecule has 0 bridgehead atoms. The highest BCUT2D eigenvalue weighted by atomic mass is 32.1. The Morgan fingerprint density at radius 2 is 2.17 bits per heavy atom. The summed E-state index contributed by atoms with van der Waals surface area (Å²) < 4.78 is 5.58. The van der Waals surface area contributed by atoms with Gasteiger partial charge in [0.25, 0.3) is 0 Å². The van der Waals surface area contributed by atoms with Crippen LogP contribution in [0.25, 0.3) is 0 Å². The molecule has 0 unspecified atom stereocenters. The summed E-state index contributed by atoms with van der Waals surface area (Å²) >= 11 is 1.70. The van der Waals surface area contributed by atoms with Crippen molar-refractivity contribution in [2.24, 2.45) is 0 Å². The summed E-state index contributed by atoms with van der Waals surface area (Å²) in [7, 11) is 0. The van der Waals surface area contributed by atoms with Gasteiger partial charge in [-0.05, 0) is 13.8 Å². The summed E-state index contributed by atoms with van der Waals surface area (Å²) in [5.74, 6) is 1.52. The van der Waals surface area contributed by atoms with Gasteiger partial charge >= 0.3 is 0 Å². The quantitative estimate of drug-likeness (QED) is 0.849. The van der Waals surface area contributed by atoms with Gasteiger partial charge in [-0.3, -0.25) is 0 Å². The van der Waals surface area contributed by atoms with Crippen LogP contribution in [-0.2, 0) is 13.1 Å². The Labute approximate surface area is 109 Å². The fourth-order valence-electron chi connectivity index (χ4n) is 1.93. The molecule has 0 saturated heterocycles. The predicted molar refractivity (Wildman–Crippen MR) is 69.8 cm³/mol. The highest BCUT2D eigenvalue weighted by Crippen LogP contribution is 2.29. The minimum Gasteiger partial charge on any atom is -0.475 e. The van der Waals surface area contributed by atoms with Gasteiger partial charge in [0.05, 0.1) is 30.4 Å². The first-order valence-corrected chi connectivity index (χ1v) is 6.75. The highest BCUT2D eigenvalue weighted by molar-refractivity contribution is 7.09. The average Bonchev–Trinajstić information content (AvgIpc) is 2.88. The molecule has 2 aromatic rings. The lowest BCUT2D eigenvalue weighted by atomic mass is 10.4. The van der Waals surface area contributed by atoms with Crippen molar-refractivity contribution in [2.75, 3.05) is 4.90 Å². The third-order valence-electron chi connectivity index (χ3n) is 2.71. The molecule has 0 aliphatic carbocycles. The van der Waals surface area contributed by atoms with Gasteiger partial charge in [-0.15, -0.1) is 11.3 Å². The Bertz CT molecular complexity index is 534. The summed E-state index contributed by atoms with van der Waals surface area (Å²) in [5, 5.41) is 0. The largest absolute Gasteiger partial charge is 0.475 e. The molecule has 3 rings (SSSR count). The van der Waals surface area contributed by atoms with Crippen molar-refractivity contribution in [1.29, 1.82) is 0 Å². The van der Waals surface area contributed by atoms with E-state index in [-0.39, 0.29) is 6.10 Å². The number of rotatable bonds is 3. The zero-order valence-corrected chi connectivity index (χ0v) is 11.1. The van der Waals surface area contributed by atoms with Crippen LogP contribution in [0.2, 0.25) is 0 Å². The van der Waals surface area contributed by atoms with E-state index in [2.05, 4.69) is 19.9 Å². The molecule has 0 amide bonds. The van der Waals surface area contributed by atoms with Crippen LogP contribution in [0.15, 0.2) is 17.9 Å². The van der Waals surface area contributed by atoms with Gasteiger partial charge < -0.3 is 9.64 Å². The van der Waals surface area contributed by atoms with Gasteiger partial charge in [0, 0.05) is 10.9 Å². The fraction of sp³-hybridized carbons (Fsp3) is 0.417. The minimum absolute atomic E-state index is 0.120. The Morgan fingerprint density at radius 3 is 2.94 bits per heavy atom. The molecular weight excluding hydrogens is 248 g/mol. The van der Waals surface area contributed by atoms with Crippen LogP contribution in [-0.4, -0.2) is 21.1 Å². The van der Waals surface area contributed by atoms with Crippen molar-refractivity contribution < 1.29 is 4.74 Å². The lowest BCUT2D eigenvalue weighted by molar-refractivity contribution is 0.232. The van der Waals surface area contributed by atoms with Gasteiger partial charge in [0.1, 0.15) is 12.1 Å². The smallest absolute Gasteiger partial charge is 0.218 e. The zero-order valence-electron chi connectivity index (χ0n) is 10.3. The molecule has 0 saturated carbocycles. The molecule has 94 valence electrons. The molecular formula is C12H14N4OS. The van der Waals surface area contributed by atoms with E-state index < -0.39 is 0 Å². The molecule has 0 aromatic carbocycles. The Morgan fingerprint density at radius 1 is 1.28 bits per heavy atom. The fourth-order valence-corrected chi connectivity index (χ4v) is 2.72. The maximum atomic E-state index is 5.58. The number of thiazole rings is 1. The van der Waals surface area contributed by atoms with Crippen molar-refractivity contribution in [2.45, 2.75) is 33.0 Å². The molecule has 0 N–H and O–H groups in total. The lowest BCUT2D eigenvalue weighted by Gasteiger charge is -2.17. The molecule has 6 heteroatoms. The van der Waals surface area contributed by atoms with Crippen molar-refractivity contribution in [1.82, 2.24) is 15.0 Å². The number of aromatic nitrogens is 3. The topological polar surface area (TPSA) is 51.1 Å². The van der Waals surface area contributed by atoms with E-state index in [9.17, 15) is 0 Å². The number of hydrogen-bond donors (Lipinski definition) is 0. The van der Waals surface area contributed by atoms with Crippen LogP contribution >= 0.6 is 11.3 Å². The highest BCUT2D eigenvalue weighted by Gasteiger charge is 2.22. The second-order valence-corrected chi connectivity index (χ2v) is 5.40. The van der Waals surface area contributed by atoms with Gasteiger partial charge in [-0.25, -0.2) is 15.0 Å². The van der Waals surface area contributed by atoms with Crippen molar-refractivity contribution in [3.05, 3.63) is 28.5 Å². The summed E-state index contributed by atoms with van der Waals surface area (Å²) in [6.07, 6.45) is 1.67.